The number of hydrogen-bond acceptors (Lipinski definition) is 3. The van der Waals surface area contributed by atoms with Crippen molar-refractivity contribution in [2.75, 3.05) is 6.61 Å². The molecule has 0 saturated heterocycles. The summed E-state index contributed by atoms with van der Waals surface area (Å²) in [5.41, 5.74) is -0.230. The second-order valence-electron chi connectivity index (χ2n) is 3.08. The standard InChI is InChI=1S/C11H11F3O3/c1-2-16-10(15)6-7-8(12)4-3-5-9(7)17-11(13)14/h3-5,11H,2,6H2,1H3. The second-order valence-corrected chi connectivity index (χ2v) is 3.08. The highest BCUT2D eigenvalue weighted by Crippen LogP contribution is 2.24. The van der Waals surface area contributed by atoms with Gasteiger partial charge < -0.3 is 9.47 Å². The van der Waals surface area contributed by atoms with Crippen LogP contribution in [0.3, 0.4) is 0 Å². The molecule has 6 heteroatoms. The Morgan fingerprint density at radius 2 is 2.12 bits per heavy atom. The molecular weight excluding hydrogens is 237 g/mol. The Morgan fingerprint density at radius 1 is 1.41 bits per heavy atom. The quantitative estimate of drug-likeness (QED) is 0.751. The first-order chi connectivity index (χ1) is 8.04. The van der Waals surface area contributed by atoms with Gasteiger partial charge in [0.2, 0.25) is 0 Å². The van der Waals surface area contributed by atoms with E-state index in [1.165, 1.54) is 12.1 Å². The van der Waals surface area contributed by atoms with Gasteiger partial charge in [-0.1, -0.05) is 6.07 Å². The highest BCUT2D eigenvalue weighted by Gasteiger charge is 2.17. The van der Waals surface area contributed by atoms with Crippen LogP contribution in [0, 0.1) is 5.82 Å². The number of alkyl halides is 2. The van der Waals surface area contributed by atoms with Crippen LogP contribution in [0.2, 0.25) is 0 Å². The summed E-state index contributed by atoms with van der Waals surface area (Å²) in [6, 6.07) is 3.46. The first kappa shape index (κ1) is 13.3. The number of ether oxygens (including phenoxy) is 2. The van der Waals surface area contributed by atoms with Crippen molar-refractivity contribution in [1.82, 2.24) is 0 Å². The van der Waals surface area contributed by atoms with E-state index >= 15 is 0 Å². The van der Waals surface area contributed by atoms with E-state index in [0.29, 0.717) is 0 Å². The highest BCUT2D eigenvalue weighted by atomic mass is 19.3. The van der Waals surface area contributed by atoms with Gasteiger partial charge in [-0.2, -0.15) is 8.78 Å². The van der Waals surface area contributed by atoms with Crippen LogP contribution in [0.1, 0.15) is 12.5 Å². The lowest BCUT2D eigenvalue weighted by Gasteiger charge is -2.10. The molecule has 1 aromatic carbocycles. The molecule has 1 rings (SSSR count). The maximum atomic E-state index is 13.4. The van der Waals surface area contributed by atoms with E-state index in [1.54, 1.807) is 6.92 Å². The molecular formula is C11H11F3O3. The topological polar surface area (TPSA) is 35.5 Å². The number of benzene rings is 1. The molecule has 0 heterocycles. The Kier molecular flexibility index (Phi) is 4.81. The third kappa shape index (κ3) is 3.97. The van der Waals surface area contributed by atoms with Gasteiger partial charge in [-0.15, -0.1) is 0 Å². The molecule has 3 nitrogen and oxygen atoms in total. The van der Waals surface area contributed by atoms with Gasteiger partial charge in [0.15, 0.2) is 0 Å². The van der Waals surface area contributed by atoms with Gasteiger partial charge in [0.1, 0.15) is 11.6 Å². The number of rotatable bonds is 5. The van der Waals surface area contributed by atoms with Gasteiger partial charge in [0.25, 0.3) is 0 Å². The lowest BCUT2D eigenvalue weighted by atomic mass is 10.1. The third-order valence-corrected chi connectivity index (χ3v) is 1.92. The zero-order chi connectivity index (χ0) is 12.8. The Bertz CT molecular complexity index is 394. The Labute approximate surface area is 96.1 Å². The van der Waals surface area contributed by atoms with Gasteiger partial charge in [0, 0.05) is 5.56 Å². The first-order valence-electron chi connectivity index (χ1n) is 4.92. The maximum absolute atomic E-state index is 13.4. The smallest absolute Gasteiger partial charge is 0.387 e. The Balaban J connectivity index is 2.91. The van der Waals surface area contributed by atoms with Crippen molar-refractivity contribution >= 4 is 5.97 Å². The van der Waals surface area contributed by atoms with Gasteiger partial charge in [-0.25, -0.2) is 4.39 Å². The fourth-order valence-electron chi connectivity index (χ4n) is 1.27. The molecule has 94 valence electrons. The van der Waals surface area contributed by atoms with Crippen LogP contribution < -0.4 is 4.74 Å². The summed E-state index contributed by atoms with van der Waals surface area (Å²) in [5.74, 6) is -1.83. The average Bonchev–Trinajstić information content (AvgIpc) is 2.23. The van der Waals surface area contributed by atoms with E-state index in [1.807, 2.05) is 0 Å². The Morgan fingerprint density at radius 3 is 2.71 bits per heavy atom. The monoisotopic (exact) mass is 248 g/mol. The van der Waals surface area contributed by atoms with Crippen LogP contribution in [-0.2, 0) is 16.0 Å². The molecule has 0 fully saturated rings. The molecule has 0 aliphatic heterocycles. The summed E-state index contributed by atoms with van der Waals surface area (Å²) in [6.45, 7) is -1.34. The molecule has 0 aromatic heterocycles. The van der Waals surface area contributed by atoms with E-state index in [-0.39, 0.29) is 17.9 Å². The molecule has 0 spiro atoms. The van der Waals surface area contributed by atoms with Crippen molar-refractivity contribution in [2.24, 2.45) is 0 Å². The number of carbonyl (C=O) groups excluding carboxylic acids is 1. The van der Waals surface area contributed by atoms with Crippen LogP contribution >= 0.6 is 0 Å². The van der Waals surface area contributed by atoms with Crippen molar-refractivity contribution in [3.63, 3.8) is 0 Å². The van der Waals surface area contributed by atoms with Crippen molar-refractivity contribution in [3.05, 3.63) is 29.6 Å². The number of carbonyl (C=O) groups is 1. The maximum Gasteiger partial charge on any atom is 0.387 e. The largest absolute Gasteiger partial charge is 0.466 e. The van der Waals surface area contributed by atoms with E-state index in [9.17, 15) is 18.0 Å². The summed E-state index contributed by atoms with van der Waals surface area (Å²) in [7, 11) is 0. The molecule has 0 atom stereocenters. The number of halogens is 3. The van der Waals surface area contributed by atoms with Gasteiger partial charge >= 0.3 is 12.6 Å². The van der Waals surface area contributed by atoms with Crippen molar-refractivity contribution in [2.45, 2.75) is 20.0 Å². The van der Waals surface area contributed by atoms with Crippen molar-refractivity contribution in [1.29, 1.82) is 0 Å². The van der Waals surface area contributed by atoms with Gasteiger partial charge in [-0.3, -0.25) is 4.79 Å². The number of esters is 1. The van der Waals surface area contributed by atoms with Crippen molar-refractivity contribution < 1.29 is 27.4 Å². The molecule has 0 aliphatic carbocycles. The zero-order valence-electron chi connectivity index (χ0n) is 9.08. The molecule has 17 heavy (non-hydrogen) atoms. The molecule has 0 radical (unpaired) electrons. The SMILES string of the molecule is CCOC(=O)Cc1c(F)cccc1OC(F)F. The minimum Gasteiger partial charge on any atom is -0.466 e. The molecule has 0 bridgehead atoms. The average molecular weight is 248 g/mol. The van der Waals surface area contributed by atoms with Crippen LogP contribution in [-0.4, -0.2) is 19.2 Å². The molecule has 0 unspecified atom stereocenters. The lowest BCUT2D eigenvalue weighted by molar-refractivity contribution is -0.142. The highest BCUT2D eigenvalue weighted by molar-refractivity contribution is 5.73. The summed E-state index contributed by atoms with van der Waals surface area (Å²) >= 11 is 0. The number of hydrogen-bond donors (Lipinski definition) is 0. The molecule has 1 aromatic rings. The fraction of sp³-hybridized carbons (Fsp3) is 0.364. The summed E-state index contributed by atoms with van der Waals surface area (Å²) in [4.78, 5) is 11.2. The van der Waals surface area contributed by atoms with Crippen molar-refractivity contribution in [3.8, 4) is 5.75 Å². The van der Waals surface area contributed by atoms with Gasteiger partial charge in [0.05, 0.1) is 13.0 Å². The third-order valence-electron chi connectivity index (χ3n) is 1.92. The van der Waals surface area contributed by atoms with E-state index in [4.69, 9.17) is 0 Å². The minimum atomic E-state index is -3.07. The van der Waals surface area contributed by atoms with Crippen LogP contribution in [0.5, 0.6) is 5.75 Å². The zero-order valence-corrected chi connectivity index (χ0v) is 9.08. The predicted octanol–water partition coefficient (Wildman–Crippen LogP) is 2.53. The molecule has 0 N–H and O–H groups in total. The first-order valence-corrected chi connectivity index (χ1v) is 4.92. The minimum absolute atomic E-state index is 0.137. The molecule has 0 amide bonds. The predicted molar refractivity (Wildman–Crippen MR) is 53.4 cm³/mol. The summed E-state index contributed by atoms with van der Waals surface area (Å²) in [6.07, 6.45) is -0.442. The lowest BCUT2D eigenvalue weighted by Crippen LogP contribution is -2.12. The summed E-state index contributed by atoms with van der Waals surface area (Å²) < 4.78 is 46.2. The normalized spacial score (nSPS) is 10.4. The molecule has 0 saturated carbocycles. The fourth-order valence-corrected chi connectivity index (χ4v) is 1.27. The van der Waals surface area contributed by atoms with Crippen LogP contribution in [0.4, 0.5) is 13.2 Å². The van der Waals surface area contributed by atoms with Crippen LogP contribution in [0.15, 0.2) is 18.2 Å². The van der Waals surface area contributed by atoms with E-state index < -0.39 is 24.8 Å². The van der Waals surface area contributed by atoms with E-state index in [2.05, 4.69) is 9.47 Å². The second kappa shape index (κ2) is 6.12. The van der Waals surface area contributed by atoms with Crippen LogP contribution in [0.25, 0.3) is 0 Å². The molecule has 0 aliphatic rings. The van der Waals surface area contributed by atoms with E-state index in [0.717, 1.165) is 6.07 Å². The summed E-state index contributed by atoms with van der Waals surface area (Å²) in [5, 5.41) is 0. The Hall–Kier alpha value is -1.72. The van der Waals surface area contributed by atoms with Gasteiger partial charge in [-0.05, 0) is 19.1 Å².